The largest absolute Gasteiger partial charge is 0.481 e. The summed E-state index contributed by atoms with van der Waals surface area (Å²) in [5.41, 5.74) is -1.80. The van der Waals surface area contributed by atoms with E-state index in [4.69, 9.17) is 4.74 Å². The van der Waals surface area contributed by atoms with Crippen molar-refractivity contribution in [3.8, 4) is 5.88 Å². The number of aliphatic carboxylic acids is 1. The van der Waals surface area contributed by atoms with Gasteiger partial charge in [0, 0.05) is 38.2 Å². The van der Waals surface area contributed by atoms with Gasteiger partial charge in [-0.25, -0.2) is 15.0 Å². The number of piperidine rings is 1. The first-order valence-corrected chi connectivity index (χ1v) is 16.4. The lowest BCUT2D eigenvalue weighted by molar-refractivity contribution is -0.144. The third-order valence-corrected chi connectivity index (χ3v) is 9.19. The average Bonchev–Trinajstić information content (AvgIpc) is 3.09. The second-order valence-corrected chi connectivity index (χ2v) is 12.5. The van der Waals surface area contributed by atoms with Crippen LogP contribution in [-0.2, 0) is 28.5 Å². The van der Waals surface area contributed by atoms with Crippen LogP contribution in [0.25, 0.3) is 0 Å². The van der Waals surface area contributed by atoms with Gasteiger partial charge in [0.1, 0.15) is 0 Å². The Bertz CT molecular complexity index is 1650. The Morgan fingerprint density at radius 2 is 1.60 bits per heavy atom. The number of fused-ring (bicyclic) bond motifs is 1. The second-order valence-electron chi connectivity index (χ2n) is 12.5. The molecule has 2 atom stereocenters. The Morgan fingerprint density at radius 3 is 2.12 bits per heavy atom. The van der Waals surface area contributed by atoms with Crippen LogP contribution in [0.5, 0.6) is 5.88 Å². The van der Waals surface area contributed by atoms with Crippen LogP contribution in [0, 0.1) is 5.92 Å². The number of hydrogen-bond donors (Lipinski definition) is 1. The lowest BCUT2D eigenvalue weighted by Gasteiger charge is -2.44. The molecule has 50 heavy (non-hydrogen) atoms. The number of carboxylic acids is 1. The second kappa shape index (κ2) is 14.7. The molecule has 270 valence electrons. The van der Waals surface area contributed by atoms with Gasteiger partial charge in [0.2, 0.25) is 17.7 Å². The standard InChI is InChI=1S/C34H38F6N6O4/c1-4-6-29(47)46-24(5-2)16-27(30-26(46)7-8-28(43-30)50-3)45(19-20-13-22(33(35,36)37)15-23(14-20)34(38,39)40)32-41-17-25(18-42-32)44-11-9-21(10-12-44)31(48)49/h7-8,13-15,17-18,21,24,27H,4-6,9-12,16,19H2,1-3H3,(H,48,49)/t24-,27+/m1/s1. The van der Waals surface area contributed by atoms with Crippen molar-refractivity contribution in [1.82, 2.24) is 15.0 Å². The van der Waals surface area contributed by atoms with Crippen LogP contribution in [0.1, 0.15) is 80.8 Å². The van der Waals surface area contributed by atoms with E-state index >= 15 is 0 Å². The first kappa shape index (κ1) is 36.6. The lowest BCUT2D eigenvalue weighted by atomic mass is 9.91. The number of nitrogens with zero attached hydrogens (tertiary/aromatic N) is 6. The predicted octanol–water partition coefficient (Wildman–Crippen LogP) is 7.28. The molecular formula is C34H38F6N6O4. The van der Waals surface area contributed by atoms with Crippen molar-refractivity contribution < 1.29 is 45.8 Å². The number of carbonyl (C=O) groups is 2. The van der Waals surface area contributed by atoms with Crippen LogP contribution >= 0.6 is 0 Å². The number of alkyl halides is 6. The van der Waals surface area contributed by atoms with Gasteiger partial charge < -0.3 is 24.5 Å². The predicted molar refractivity (Wildman–Crippen MR) is 172 cm³/mol. The highest BCUT2D eigenvalue weighted by Crippen LogP contribution is 2.44. The molecule has 1 aromatic carbocycles. The Hall–Kier alpha value is -4.63. The number of rotatable bonds is 10. The summed E-state index contributed by atoms with van der Waals surface area (Å²) >= 11 is 0. The van der Waals surface area contributed by atoms with Crippen LogP contribution in [0.2, 0.25) is 0 Å². The molecule has 5 rings (SSSR count). The molecule has 1 fully saturated rings. The molecule has 2 aliphatic heterocycles. The van der Waals surface area contributed by atoms with Crippen LogP contribution in [-0.4, -0.2) is 58.2 Å². The van der Waals surface area contributed by atoms with Crippen molar-refractivity contribution in [1.29, 1.82) is 0 Å². The monoisotopic (exact) mass is 708 g/mol. The number of methoxy groups -OCH3 is 1. The molecule has 4 heterocycles. The third-order valence-electron chi connectivity index (χ3n) is 9.19. The fourth-order valence-electron chi connectivity index (χ4n) is 6.62. The highest BCUT2D eigenvalue weighted by molar-refractivity contribution is 5.95. The van der Waals surface area contributed by atoms with Gasteiger partial charge in [-0.05, 0) is 61.9 Å². The number of amides is 1. The van der Waals surface area contributed by atoms with E-state index in [0.717, 1.165) is 0 Å². The van der Waals surface area contributed by atoms with Crippen molar-refractivity contribution in [3.63, 3.8) is 0 Å². The zero-order valence-electron chi connectivity index (χ0n) is 27.8. The molecule has 2 aromatic heterocycles. The van der Waals surface area contributed by atoms with Gasteiger partial charge in [0.25, 0.3) is 0 Å². The molecule has 10 nitrogen and oxygen atoms in total. The van der Waals surface area contributed by atoms with Crippen LogP contribution in [0.4, 0.5) is 43.7 Å². The number of carbonyl (C=O) groups excluding carboxylic acids is 1. The van der Waals surface area contributed by atoms with Crippen molar-refractivity contribution in [2.45, 2.75) is 83.4 Å². The molecule has 3 aromatic rings. The molecule has 0 saturated carbocycles. The minimum absolute atomic E-state index is 0.0175. The molecule has 0 bridgehead atoms. The maximum absolute atomic E-state index is 13.9. The first-order chi connectivity index (χ1) is 23.6. The Balaban J connectivity index is 1.63. The molecule has 16 heteroatoms. The minimum Gasteiger partial charge on any atom is -0.481 e. The fraction of sp³-hybridized carbons (Fsp3) is 0.500. The zero-order chi connectivity index (χ0) is 36.4. The Labute approximate surface area is 285 Å². The number of anilines is 3. The number of ether oxygens (including phenoxy) is 1. The normalized spacial score (nSPS) is 18.5. The van der Waals surface area contributed by atoms with E-state index in [-0.39, 0.29) is 48.2 Å². The maximum Gasteiger partial charge on any atom is 0.416 e. The summed E-state index contributed by atoms with van der Waals surface area (Å²) < 4.78 is 88.8. The van der Waals surface area contributed by atoms with Gasteiger partial charge in [-0.1, -0.05) is 13.8 Å². The van der Waals surface area contributed by atoms with Crippen LogP contribution < -0.4 is 19.4 Å². The maximum atomic E-state index is 13.9. The molecule has 0 unspecified atom stereocenters. The highest BCUT2D eigenvalue weighted by atomic mass is 19.4. The lowest BCUT2D eigenvalue weighted by Crippen LogP contribution is -2.48. The molecule has 0 aliphatic carbocycles. The van der Waals surface area contributed by atoms with E-state index in [2.05, 4.69) is 15.0 Å². The fourth-order valence-corrected chi connectivity index (χ4v) is 6.62. The number of hydrogen-bond acceptors (Lipinski definition) is 8. The molecular weight excluding hydrogens is 670 g/mol. The van der Waals surface area contributed by atoms with E-state index in [1.165, 1.54) is 24.4 Å². The van der Waals surface area contributed by atoms with Gasteiger partial charge in [-0.3, -0.25) is 9.59 Å². The molecule has 0 radical (unpaired) electrons. The van der Waals surface area contributed by atoms with E-state index in [1.54, 1.807) is 17.0 Å². The van der Waals surface area contributed by atoms with Crippen molar-refractivity contribution in [2.75, 3.05) is 34.9 Å². The quantitative estimate of drug-likeness (QED) is 0.217. The number of carboxylic acid groups (broad SMARTS) is 1. The smallest absolute Gasteiger partial charge is 0.416 e. The Kier molecular flexibility index (Phi) is 10.8. The van der Waals surface area contributed by atoms with E-state index in [1.807, 2.05) is 18.7 Å². The van der Waals surface area contributed by atoms with Gasteiger partial charge in [-0.15, -0.1) is 0 Å². The van der Waals surface area contributed by atoms with E-state index < -0.39 is 48.0 Å². The van der Waals surface area contributed by atoms with Crippen molar-refractivity contribution >= 4 is 29.2 Å². The third kappa shape index (κ3) is 7.88. The van der Waals surface area contributed by atoms with Crippen LogP contribution in [0.15, 0.2) is 42.7 Å². The van der Waals surface area contributed by atoms with Gasteiger partial charge in [0.05, 0.1) is 59.7 Å². The summed E-state index contributed by atoms with van der Waals surface area (Å²) in [7, 11) is 1.40. The van der Waals surface area contributed by atoms with Gasteiger partial charge >= 0.3 is 18.3 Å². The number of benzene rings is 1. The minimum atomic E-state index is -5.05. The SMILES string of the molecule is CCCC(=O)N1c2ccc(OC)nc2[C@@H](N(Cc2cc(C(F)(F)F)cc(C(F)(F)F)c2)c2ncc(N3CCC(C(=O)O)CC3)cn2)C[C@H]1CC. The van der Waals surface area contributed by atoms with Crippen LogP contribution in [0.3, 0.4) is 0 Å². The molecule has 1 amide bonds. The van der Waals surface area contributed by atoms with Crippen molar-refractivity contribution in [3.05, 3.63) is 65.1 Å². The van der Waals surface area contributed by atoms with Crippen molar-refractivity contribution in [2.24, 2.45) is 5.92 Å². The average molecular weight is 709 g/mol. The Morgan fingerprint density at radius 1 is 0.980 bits per heavy atom. The molecule has 2 aliphatic rings. The number of halogens is 6. The summed E-state index contributed by atoms with van der Waals surface area (Å²) in [6, 6.07) is 3.53. The van der Waals surface area contributed by atoms with Gasteiger partial charge in [-0.2, -0.15) is 26.3 Å². The van der Waals surface area contributed by atoms with Gasteiger partial charge in [0.15, 0.2) is 0 Å². The molecule has 1 N–H and O–H groups in total. The molecule has 1 saturated heterocycles. The van der Waals surface area contributed by atoms with E-state index in [9.17, 15) is 41.0 Å². The number of pyridine rings is 1. The first-order valence-electron chi connectivity index (χ1n) is 16.4. The molecule has 0 spiro atoms. The summed E-state index contributed by atoms with van der Waals surface area (Å²) in [4.78, 5) is 43.7. The summed E-state index contributed by atoms with van der Waals surface area (Å²) in [6.45, 7) is 4.18. The number of aromatic nitrogens is 3. The zero-order valence-corrected chi connectivity index (χ0v) is 27.8. The topological polar surface area (TPSA) is 112 Å². The van der Waals surface area contributed by atoms with E-state index in [0.29, 0.717) is 68.0 Å². The summed E-state index contributed by atoms with van der Waals surface area (Å²) in [6.07, 6.45) is -4.70. The summed E-state index contributed by atoms with van der Waals surface area (Å²) in [5.74, 6) is -1.26. The summed E-state index contributed by atoms with van der Waals surface area (Å²) in [5, 5.41) is 9.37. The highest BCUT2D eigenvalue weighted by Gasteiger charge is 2.41.